The number of carbonyl (C=O) groups excluding carboxylic acids is 3. The van der Waals surface area contributed by atoms with Gasteiger partial charge in [-0.1, -0.05) is 53.8 Å². The smallest absolute Gasteiger partial charge is 0.350 e. The minimum absolute atomic E-state index is 0.104. The van der Waals surface area contributed by atoms with E-state index in [1.807, 2.05) is 0 Å². The molecule has 1 aliphatic rings. The van der Waals surface area contributed by atoms with Crippen molar-refractivity contribution in [3.63, 3.8) is 0 Å². The Bertz CT molecular complexity index is 1350. The van der Waals surface area contributed by atoms with Crippen LogP contribution in [0.15, 0.2) is 54.1 Å². The van der Waals surface area contributed by atoms with E-state index in [4.69, 9.17) is 14.2 Å². The summed E-state index contributed by atoms with van der Waals surface area (Å²) in [7, 11) is 4.15. The molecule has 9 nitrogen and oxygen atoms in total. The number of aliphatic hydroxyl groups is 1. The highest BCUT2D eigenvalue weighted by atomic mass is 32.1. The minimum atomic E-state index is -1.10. The molecule has 1 aromatic heterocycles. The van der Waals surface area contributed by atoms with Gasteiger partial charge in [0, 0.05) is 11.1 Å². The summed E-state index contributed by atoms with van der Waals surface area (Å²) in [5, 5.41) is 11.3. The molecule has 3 aromatic rings. The number of amides is 1. The maximum Gasteiger partial charge on any atom is 0.350 e. The molecule has 10 heteroatoms. The van der Waals surface area contributed by atoms with Gasteiger partial charge in [0.05, 0.1) is 32.6 Å². The van der Waals surface area contributed by atoms with Crippen molar-refractivity contribution in [1.82, 2.24) is 4.98 Å². The third-order valence-corrected chi connectivity index (χ3v) is 6.72. The molecular formula is C25H22N2O7S. The van der Waals surface area contributed by atoms with E-state index in [0.29, 0.717) is 22.6 Å². The number of ether oxygens (including phenoxy) is 3. The maximum atomic E-state index is 13.4. The molecular weight excluding hydrogens is 472 g/mol. The summed E-state index contributed by atoms with van der Waals surface area (Å²) in [6.07, 6.45) is 0. The number of aliphatic hydroxyl groups excluding tert-OH is 1. The van der Waals surface area contributed by atoms with Crippen LogP contribution < -0.4 is 14.4 Å². The number of aromatic nitrogens is 1. The van der Waals surface area contributed by atoms with Gasteiger partial charge in [0.2, 0.25) is 0 Å². The second-order valence-electron chi connectivity index (χ2n) is 7.52. The summed E-state index contributed by atoms with van der Waals surface area (Å²) < 4.78 is 15.8. The Labute approximate surface area is 205 Å². The molecule has 2 aromatic carbocycles. The highest BCUT2D eigenvalue weighted by Crippen LogP contribution is 2.48. The van der Waals surface area contributed by atoms with Crippen LogP contribution in [0, 0.1) is 6.92 Å². The van der Waals surface area contributed by atoms with Gasteiger partial charge in [-0.05, 0) is 13.0 Å². The first-order valence-corrected chi connectivity index (χ1v) is 11.3. The predicted octanol–water partition coefficient (Wildman–Crippen LogP) is 3.88. The second-order valence-corrected chi connectivity index (χ2v) is 8.50. The molecule has 35 heavy (non-hydrogen) atoms. The third-order valence-electron chi connectivity index (χ3n) is 5.58. The van der Waals surface area contributed by atoms with Crippen molar-refractivity contribution >= 4 is 39.9 Å². The number of anilines is 1. The van der Waals surface area contributed by atoms with Crippen molar-refractivity contribution in [1.29, 1.82) is 0 Å². The van der Waals surface area contributed by atoms with Gasteiger partial charge >= 0.3 is 11.9 Å². The number of hydrogen-bond donors (Lipinski definition) is 1. The van der Waals surface area contributed by atoms with Crippen LogP contribution in [0.4, 0.5) is 5.13 Å². The van der Waals surface area contributed by atoms with Crippen molar-refractivity contribution in [2.24, 2.45) is 0 Å². The molecule has 0 spiro atoms. The zero-order chi connectivity index (χ0) is 25.3. The van der Waals surface area contributed by atoms with Crippen molar-refractivity contribution in [2.75, 3.05) is 26.2 Å². The van der Waals surface area contributed by atoms with Crippen LogP contribution in [0.1, 0.15) is 32.5 Å². The fourth-order valence-corrected chi connectivity index (χ4v) is 4.98. The van der Waals surface area contributed by atoms with Gasteiger partial charge in [-0.2, -0.15) is 0 Å². The van der Waals surface area contributed by atoms with E-state index in [0.717, 1.165) is 16.2 Å². The number of Topliss-reactive ketones (excluding diaryl/α,β-unsaturated/α-hetero) is 1. The lowest BCUT2D eigenvalue weighted by atomic mass is 9.94. The number of rotatable bonds is 6. The molecule has 1 N–H and O–H groups in total. The van der Waals surface area contributed by atoms with E-state index < -0.39 is 23.7 Å². The van der Waals surface area contributed by atoms with Gasteiger partial charge in [-0.15, -0.1) is 0 Å². The molecule has 1 saturated heterocycles. The van der Waals surface area contributed by atoms with Crippen LogP contribution >= 0.6 is 11.3 Å². The van der Waals surface area contributed by atoms with Crippen LogP contribution in [0.5, 0.6) is 11.5 Å². The summed E-state index contributed by atoms with van der Waals surface area (Å²) in [5.74, 6) is -2.09. The Kier molecular flexibility index (Phi) is 6.57. The van der Waals surface area contributed by atoms with Crippen molar-refractivity contribution in [3.05, 3.63) is 75.8 Å². The number of methoxy groups -OCH3 is 3. The number of nitrogens with zero attached hydrogens (tertiary/aromatic N) is 2. The molecule has 1 aliphatic heterocycles. The predicted molar refractivity (Wildman–Crippen MR) is 129 cm³/mol. The molecule has 0 saturated carbocycles. The number of thiazole rings is 1. The van der Waals surface area contributed by atoms with Gasteiger partial charge < -0.3 is 19.3 Å². The minimum Gasteiger partial charge on any atom is -0.507 e. The van der Waals surface area contributed by atoms with E-state index in [2.05, 4.69) is 4.98 Å². The highest BCUT2D eigenvalue weighted by Gasteiger charge is 2.49. The number of aryl methyl sites for hydroxylation is 1. The Morgan fingerprint density at radius 3 is 2.37 bits per heavy atom. The van der Waals surface area contributed by atoms with E-state index in [-0.39, 0.29) is 27.1 Å². The summed E-state index contributed by atoms with van der Waals surface area (Å²) in [6, 6.07) is 12.4. The zero-order valence-corrected chi connectivity index (χ0v) is 20.2. The zero-order valence-electron chi connectivity index (χ0n) is 19.4. The normalized spacial score (nSPS) is 16.9. The van der Waals surface area contributed by atoms with Crippen molar-refractivity contribution in [2.45, 2.75) is 13.0 Å². The monoisotopic (exact) mass is 494 g/mol. The first-order chi connectivity index (χ1) is 16.8. The van der Waals surface area contributed by atoms with E-state index in [1.54, 1.807) is 55.5 Å². The summed E-state index contributed by atoms with van der Waals surface area (Å²) in [6.45, 7) is 1.61. The number of para-hydroxylation sites is 1. The Morgan fingerprint density at radius 2 is 1.74 bits per heavy atom. The number of benzene rings is 2. The van der Waals surface area contributed by atoms with Gasteiger partial charge in [0.25, 0.3) is 5.78 Å². The van der Waals surface area contributed by atoms with Crippen LogP contribution in [-0.4, -0.2) is 49.1 Å². The molecule has 1 fully saturated rings. The fraction of sp³-hybridized carbons (Fsp3) is 0.200. The quantitative estimate of drug-likeness (QED) is 0.238. The van der Waals surface area contributed by atoms with Gasteiger partial charge in [0.1, 0.15) is 16.7 Å². The largest absolute Gasteiger partial charge is 0.507 e. The van der Waals surface area contributed by atoms with Gasteiger partial charge in [-0.3, -0.25) is 14.5 Å². The fourth-order valence-electron chi connectivity index (χ4n) is 3.97. The number of esters is 1. The van der Waals surface area contributed by atoms with Crippen LogP contribution in [0.25, 0.3) is 5.76 Å². The topological polar surface area (TPSA) is 115 Å². The summed E-state index contributed by atoms with van der Waals surface area (Å²) >= 11 is 0.918. The number of carbonyl (C=O) groups is 3. The van der Waals surface area contributed by atoms with E-state index >= 15 is 0 Å². The van der Waals surface area contributed by atoms with Crippen molar-refractivity contribution in [3.8, 4) is 11.5 Å². The number of hydrogen-bond acceptors (Lipinski definition) is 9. The molecule has 0 radical (unpaired) electrons. The highest BCUT2D eigenvalue weighted by molar-refractivity contribution is 7.17. The molecule has 180 valence electrons. The molecule has 0 aliphatic carbocycles. The van der Waals surface area contributed by atoms with Gasteiger partial charge in [-0.25, -0.2) is 9.78 Å². The number of ketones is 1. The molecule has 4 rings (SSSR count). The van der Waals surface area contributed by atoms with Crippen molar-refractivity contribution < 1.29 is 33.7 Å². The average molecular weight is 495 g/mol. The lowest BCUT2D eigenvalue weighted by Gasteiger charge is -2.25. The SMILES string of the molecule is COC(=O)c1sc(N2C(=O)C(=O)C(=C(O)c3ccccc3)[C@H]2c2cccc(OC)c2OC)nc1C. The lowest BCUT2D eigenvalue weighted by Crippen LogP contribution is -2.29. The van der Waals surface area contributed by atoms with E-state index in [1.165, 1.54) is 21.3 Å². The third kappa shape index (κ3) is 4.01. The standard InChI is InChI=1S/C25H22N2O7S/c1-13-22(24(31)34-4)35-25(26-13)27-18(15-11-8-12-16(32-2)21(15)33-3)17(20(29)23(27)30)19(28)14-9-6-5-7-10-14/h5-12,18,28H,1-4H3/t18-/m1/s1. The van der Waals surface area contributed by atoms with Crippen LogP contribution in [-0.2, 0) is 14.3 Å². The first kappa shape index (κ1) is 24.0. The van der Waals surface area contributed by atoms with Gasteiger partial charge in [0.15, 0.2) is 16.6 Å². The molecule has 1 amide bonds. The summed E-state index contributed by atoms with van der Waals surface area (Å²) in [5.41, 5.74) is 0.970. The summed E-state index contributed by atoms with van der Waals surface area (Å²) in [4.78, 5) is 44.6. The Morgan fingerprint density at radius 1 is 1.03 bits per heavy atom. The molecule has 0 unspecified atom stereocenters. The lowest BCUT2D eigenvalue weighted by molar-refractivity contribution is -0.132. The van der Waals surface area contributed by atoms with Crippen LogP contribution in [0.2, 0.25) is 0 Å². The Balaban J connectivity index is 2.01. The van der Waals surface area contributed by atoms with Crippen LogP contribution in [0.3, 0.4) is 0 Å². The first-order valence-electron chi connectivity index (χ1n) is 10.5. The Hall–Kier alpha value is -4.18. The molecule has 0 bridgehead atoms. The van der Waals surface area contributed by atoms with E-state index in [9.17, 15) is 19.5 Å². The maximum absolute atomic E-state index is 13.4. The molecule has 2 heterocycles. The molecule has 1 atom stereocenters. The second kappa shape index (κ2) is 9.59. The average Bonchev–Trinajstić information content (AvgIpc) is 3.39.